The molecule has 0 saturated carbocycles. The third-order valence-electron chi connectivity index (χ3n) is 4.20. The fourth-order valence-corrected chi connectivity index (χ4v) is 3.25. The van der Waals surface area contributed by atoms with E-state index in [1.807, 2.05) is 61.7 Å². The molecule has 0 aliphatic rings. The lowest BCUT2D eigenvalue weighted by Gasteiger charge is -2.10. The quantitative estimate of drug-likeness (QED) is 0.529. The van der Waals surface area contributed by atoms with E-state index in [9.17, 15) is 14.3 Å². The van der Waals surface area contributed by atoms with Gasteiger partial charge >= 0.3 is 7.12 Å². The average molecular weight is 377 g/mol. The highest BCUT2D eigenvalue weighted by molar-refractivity contribution is 7.84. The highest BCUT2D eigenvalue weighted by Gasteiger charge is 2.12. The van der Waals surface area contributed by atoms with Gasteiger partial charge in [-0.25, -0.2) is 0 Å². The van der Waals surface area contributed by atoms with Gasteiger partial charge in [-0.1, -0.05) is 42.5 Å². The summed E-state index contributed by atoms with van der Waals surface area (Å²) in [5.41, 5.74) is 4.97. The van der Waals surface area contributed by atoms with Crippen molar-refractivity contribution in [2.45, 2.75) is 11.8 Å². The summed E-state index contributed by atoms with van der Waals surface area (Å²) in [4.78, 5) is 5.30. The van der Waals surface area contributed by atoms with Crippen LogP contribution in [-0.4, -0.2) is 32.6 Å². The average Bonchev–Trinajstić information content (AvgIpc) is 2.67. The van der Waals surface area contributed by atoms with Crippen molar-refractivity contribution in [2.24, 2.45) is 0 Å². The molecule has 3 rings (SSSR count). The molecule has 0 radical (unpaired) electrons. The summed E-state index contributed by atoms with van der Waals surface area (Å²) in [7, 11) is -2.55. The molecule has 1 heterocycles. The lowest BCUT2D eigenvalue weighted by molar-refractivity contribution is 0.426. The molecule has 1 unspecified atom stereocenters. The van der Waals surface area contributed by atoms with Gasteiger partial charge in [-0.15, -0.1) is 0 Å². The topological polar surface area (TPSA) is 70.4 Å². The first-order chi connectivity index (χ1) is 12.9. The van der Waals surface area contributed by atoms with Crippen LogP contribution in [0.4, 0.5) is 0 Å². The van der Waals surface area contributed by atoms with Gasteiger partial charge < -0.3 is 10.0 Å². The predicted molar refractivity (Wildman–Crippen MR) is 111 cm³/mol. The molecule has 0 spiro atoms. The number of benzene rings is 2. The van der Waals surface area contributed by atoms with E-state index in [2.05, 4.69) is 4.98 Å². The Kier molecular flexibility index (Phi) is 6.01. The molecule has 1 atom stereocenters. The molecule has 0 saturated heterocycles. The molecular formula is C21H20BNO3S. The molecule has 2 N–H and O–H groups in total. The molecule has 0 aliphatic heterocycles. The van der Waals surface area contributed by atoms with E-state index in [0.29, 0.717) is 5.46 Å². The largest absolute Gasteiger partial charge is 0.488 e. The van der Waals surface area contributed by atoms with Crippen LogP contribution >= 0.6 is 0 Å². The fourth-order valence-electron chi connectivity index (χ4n) is 2.73. The molecular weight excluding hydrogens is 357 g/mol. The van der Waals surface area contributed by atoms with Crippen LogP contribution in [0, 0.1) is 6.92 Å². The number of hydrogen-bond donors (Lipinski definition) is 2. The maximum Gasteiger partial charge on any atom is 0.488 e. The van der Waals surface area contributed by atoms with Crippen molar-refractivity contribution >= 4 is 35.0 Å². The minimum absolute atomic E-state index is 0.427. The Morgan fingerprint density at radius 2 is 1.81 bits per heavy atom. The minimum Gasteiger partial charge on any atom is -0.423 e. The smallest absolute Gasteiger partial charge is 0.423 e. The summed E-state index contributed by atoms with van der Waals surface area (Å²) in [5, 5.41) is 18.8. The van der Waals surface area contributed by atoms with Gasteiger partial charge in [0, 0.05) is 33.7 Å². The Morgan fingerprint density at radius 1 is 1.07 bits per heavy atom. The standard InChI is InChI=1S/C21H20BNO3S/c1-15-6-11-21(23-14-15)20(17-7-9-19(10-8-17)27(2)26)13-16-4-3-5-18(12-16)22(24)25/h3-14,24-25H,1-2H3. The molecule has 2 aromatic carbocycles. The zero-order valence-corrected chi connectivity index (χ0v) is 16.0. The Labute approximate surface area is 161 Å². The summed E-state index contributed by atoms with van der Waals surface area (Å²) in [6, 6.07) is 18.6. The van der Waals surface area contributed by atoms with Crippen LogP contribution < -0.4 is 5.46 Å². The van der Waals surface area contributed by atoms with E-state index in [4.69, 9.17) is 0 Å². The van der Waals surface area contributed by atoms with E-state index in [1.54, 1.807) is 24.5 Å². The number of hydrogen-bond acceptors (Lipinski definition) is 4. The maximum atomic E-state index is 11.7. The zero-order chi connectivity index (χ0) is 19.4. The van der Waals surface area contributed by atoms with E-state index < -0.39 is 17.9 Å². The lowest BCUT2D eigenvalue weighted by Crippen LogP contribution is -2.29. The van der Waals surface area contributed by atoms with Crippen molar-refractivity contribution < 1.29 is 14.3 Å². The van der Waals surface area contributed by atoms with Gasteiger partial charge in [0.15, 0.2) is 0 Å². The molecule has 136 valence electrons. The van der Waals surface area contributed by atoms with Crippen LogP contribution in [0.1, 0.15) is 22.4 Å². The van der Waals surface area contributed by atoms with Crippen LogP contribution in [0.25, 0.3) is 11.6 Å². The molecule has 1 aromatic heterocycles. The van der Waals surface area contributed by atoms with Crippen molar-refractivity contribution in [3.8, 4) is 0 Å². The first-order valence-corrected chi connectivity index (χ1v) is 10.0. The number of nitrogens with zero attached hydrogens (tertiary/aromatic N) is 1. The van der Waals surface area contributed by atoms with Crippen LogP contribution in [0.2, 0.25) is 0 Å². The Balaban J connectivity index is 2.11. The molecule has 4 nitrogen and oxygen atoms in total. The summed E-state index contributed by atoms with van der Waals surface area (Å²) in [6.45, 7) is 1.98. The second-order valence-electron chi connectivity index (χ2n) is 6.30. The van der Waals surface area contributed by atoms with Crippen LogP contribution in [0.3, 0.4) is 0 Å². The van der Waals surface area contributed by atoms with Gasteiger partial charge in [-0.3, -0.25) is 9.19 Å². The van der Waals surface area contributed by atoms with Crippen molar-refractivity contribution in [3.05, 3.63) is 89.2 Å². The predicted octanol–water partition coefficient (Wildman–Crippen LogP) is 2.40. The third-order valence-corrected chi connectivity index (χ3v) is 5.14. The summed E-state index contributed by atoms with van der Waals surface area (Å²) in [5.74, 6) is 0. The first-order valence-electron chi connectivity index (χ1n) is 8.49. The van der Waals surface area contributed by atoms with Crippen LogP contribution in [0.5, 0.6) is 0 Å². The van der Waals surface area contributed by atoms with E-state index in [0.717, 1.165) is 32.9 Å². The van der Waals surface area contributed by atoms with Gasteiger partial charge in [0.25, 0.3) is 0 Å². The van der Waals surface area contributed by atoms with E-state index in [1.165, 1.54) is 0 Å². The van der Waals surface area contributed by atoms with E-state index >= 15 is 0 Å². The summed E-state index contributed by atoms with van der Waals surface area (Å²) < 4.78 is 11.7. The van der Waals surface area contributed by atoms with Crippen molar-refractivity contribution in [2.75, 3.05) is 6.26 Å². The highest BCUT2D eigenvalue weighted by Crippen LogP contribution is 2.25. The van der Waals surface area contributed by atoms with Crippen LogP contribution in [0.15, 0.2) is 71.8 Å². The molecule has 6 heteroatoms. The van der Waals surface area contributed by atoms with Gasteiger partial charge in [-0.2, -0.15) is 0 Å². The van der Waals surface area contributed by atoms with Crippen molar-refractivity contribution in [1.29, 1.82) is 0 Å². The van der Waals surface area contributed by atoms with Crippen molar-refractivity contribution in [3.63, 3.8) is 0 Å². The lowest BCUT2D eigenvalue weighted by atomic mass is 9.79. The molecule has 0 aliphatic carbocycles. The Hall–Kier alpha value is -2.54. The number of pyridine rings is 1. The number of aromatic nitrogens is 1. The molecule has 3 aromatic rings. The van der Waals surface area contributed by atoms with Gasteiger partial charge in [0.05, 0.1) is 5.69 Å². The van der Waals surface area contributed by atoms with Gasteiger partial charge in [-0.05, 0) is 53.4 Å². The minimum atomic E-state index is -1.52. The Morgan fingerprint density at radius 3 is 2.41 bits per heavy atom. The second-order valence-corrected chi connectivity index (χ2v) is 7.68. The first kappa shape index (κ1) is 19.2. The SMILES string of the molecule is Cc1ccc(C(=Cc2cccc(B(O)O)c2)c2ccc(S(C)=O)cc2)nc1. The third kappa shape index (κ3) is 4.80. The maximum absolute atomic E-state index is 11.7. The van der Waals surface area contributed by atoms with Crippen molar-refractivity contribution in [1.82, 2.24) is 4.98 Å². The zero-order valence-electron chi connectivity index (χ0n) is 15.2. The molecule has 27 heavy (non-hydrogen) atoms. The molecule has 0 amide bonds. The highest BCUT2D eigenvalue weighted by atomic mass is 32.2. The number of rotatable bonds is 5. The van der Waals surface area contributed by atoms with Gasteiger partial charge in [0.2, 0.25) is 0 Å². The summed E-state index contributed by atoms with van der Waals surface area (Å²) >= 11 is 0. The molecule has 0 bridgehead atoms. The summed E-state index contributed by atoms with van der Waals surface area (Å²) in [6.07, 6.45) is 5.42. The van der Waals surface area contributed by atoms with E-state index in [-0.39, 0.29) is 0 Å². The Bertz CT molecular complexity index is 983. The second kappa shape index (κ2) is 8.44. The normalized spacial score (nSPS) is 12.7. The molecule has 0 fully saturated rings. The fraction of sp³-hybridized carbons (Fsp3) is 0.0952. The monoisotopic (exact) mass is 377 g/mol. The number of aryl methyl sites for hydroxylation is 1. The van der Waals surface area contributed by atoms with Gasteiger partial charge in [0.1, 0.15) is 0 Å². The van der Waals surface area contributed by atoms with Crippen LogP contribution in [-0.2, 0) is 10.8 Å².